The second-order valence-electron chi connectivity index (χ2n) is 7.35. The van der Waals surface area contributed by atoms with Gasteiger partial charge >= 0.3 is 6.18 Å². The fourth-order valence-corrected chi connectivity index (χ4v) is 3.62. The number of aliphatic hydroxyl groups excluding tert-OH is 2. The van der Waals surface area contributed by atoms with Gasteiger partial charge in [-0.25, -0.2) is 9.67 Å². The second kappa shape index (κ2) is 8.46. The van der Waals surface area contributed by atoms with Gasteiger partial charge < -0.3 is 25.0 Å². The van der Waals surface area contributed by atoms with Crippen molar-refractivity contribution in [3.8, 4) is 5.88 Å². The van der Waals surface area contributed by atoms with Crippen molar-refractivity contribution >= 4 is 0 Å². The number of aliphatic hydroxyl groups is 2. The van der Waals surface area contributed by atoms with Gasteiger partial charge in [0.05, 0.1) is 18.8 Å². The molecule has 3 N–H and O–H groups in total. The lowest BCUT2D eigenvalue weighted by Crippen LogP contribution is -2.51. The summed E-state index contributed by atoms with van der Waals surface area (Å²) in [7, 11) is 0. The summed E-state index contributed by atoms with van der Waals surface area (Å²) in [4.78, 5) is 3.40. The van der Waals surface area contributed by atoms with E-state index in [1.54, 1.807) is 10.9 Å². The molecule has 164 valence electrons. The number of piperidine rings is 1. The number of rotatable bonds is 4. The lowest BCUT2D eigenvalue weighted by atomic mass is 9.98. The van der Waals surface area contributed by atoms with Crippen LogP contribution in [-0.4, -0.2) is 68.2 Å². The zero-order chi connectivity index (χ0) is 21.3. The smallest absolute Gasteiger partial charge is 0.433 e. The van der Waals surface area contributed by atoms with Crippen molar-refractivity contribution in [1.29, 1.82) is 0 Å². The Labute approximate surface area is 169 Å². The van der Waals surface area contributed by atoms with Gasteiger partial charge in [-0.05, 0) is 32.0 Å². The summed E-state index contributed by atoms with van der Waals surface area (Å²) in [6.45, 7) is 1.59. The van der Waals surface area contributed by atoms with Crippen LogP contribution in [0.15, 0.2) is 24.4 Å². The highest BCUT2D eigenvalue weighted by molar-refractivity contribution is 5.18. The molecule has 4 heterocycles. The fraction of sp³-hybridized carbons (Fsp3) is 0.611. The first kappa shape index (κ1) is 21.0. The van der Waals surface area contributed by atoms with E-state index < -0.39 is 36.3 Å². The average Bonchev–Trinajstić information content (AvgIpc) is 3.22. The molecule has 2 aliphatic rings. The summed E-state index contributed by atoms with van der Waals surface area (Å²) in [6, 6.07) is 3.41. The average molecular weight is 429 g/mol. The lowest BCUT2D eigenvalue weighted by molar-refractivity contribution is -0.184. The molecule has 4 rings (SSSR count). The van der Waals surface area contributed by atoms with Gasteiger partial charge in [0.25, 0.3) is 0 Å². The summed E-state index contributed by atoms with van der Waals surface area (Å²) >= 11 is 0. The monoisotopic (exact) mass is 429 g/mol. The number of halogens is 3. The number of alkyl halides is 3. The molecule has 0 saturated carbocycles. The first-order valence-electron chi connectivity index (χ1n) is 9.64. The summed E-state index contributed by atoms with van der Waals surface area (Å²) in [5.41, 5.74) is -0.741. The quantitative estimate of drug-likeness (QED) is 0.656. The Hall–Kier alpha value is -2.28. The third-order valence-corrected chi connectivity index (χ3v) is 5.27. The molecule has 0 spiro atoms. The Morgan fingerprint density at radius 2 is 1.93 bits per heavy atom. The van der Waals surface area contributed by atoms with Crippen LogP contribution in [-0.2, 0) is 10.9 Å². The van der Waals surface area contributed by atoms with Crippen molar-refractivity contribution in [2.75, 3.05) is 19.7 Å². The number of aromatic nitrogens is 4. The third kappa shape index (κ3) is 4.41. The van der Waals surface area contributed by atoms with E-state index in [1.165, 1.54) is 6.07 Å². The zero-order valence-corrected chi connectivity index (χ0v) is 15.9. The Bertz CT molecular complexity index is 858. The first-order valence-corrected chi connectivity index (χ1v) is 9.64. The summed E-state index contributed by atoms with van der Waals surface area (Å²) in [6.07, 6.45) is -5.95. The predicted octanol–water partition coefficient (Wildman–Crippen LogP) is 0.857. The Balaban J connectivity index is 1.42. The van der Waals surface area contributed by atoms with Crippen LogP contribution in [0, 0.1) is 0 Å². The lowest BCUT2D eigenvalue weighted by Gasteiger charge is -2.36. The molecule has 2 saturated heterocycles. The maximum absolute atomic E-state index is 12.8. The minimum atomic E-state index is -4.62. The maximum atomic E-state index is 12.8. The standard InChI is InChI=1S/C18H22F3N5O4/c19-18(20,21)13-2-1-3-14(23-13)30-12-9-29-17(16(28)15(12)27)11-8-26(25-24-11)10-4-6-22-7-5-10/h1-3,8,10,12,15-17,22,27-28H,4-7,9H2/t12-,15+,16+,17+/m0/s1. The summed E-state index contributed by atoms with van der Waals surface area (Å²) < 4.78 is 51.1. The van der Waals surface area contributed by atoms with Gasteiger partial charge in [-0.15, -0.1) is 5.10 Å². The van der Waals surface area contributed by atoms with E-state index in [-0.39, 0.29) is 18.5 Å². The van der Waals surface area contributed by atoms with Crippen molar-refractivity contribution in [3.05, 3.63) is 35.8 Å². The van der Waals surface area contributed by atoms with Gasteiger partial charge in [0.2, 0.25) is 5.88 Å². The Morgan fingerprint density at radius 3 is 2.67 bits per heavy atom. The minimum absolute atomic E-state index is 0.166. The highest BCUT2D eigenvalue weighted by Gasteiger charge is 2.42. The molecular weight excluding hydrogens is 407 g/mol. The van der Waals surface area contributed by atoms with Crippen LogP contribution in [0.2, 0.25) is 0 Å². The highest BCUT2D eigenvalue weighted by atomic mass is 19.4. The highest BCUT2D eigenvalue weighted by Crippen LogP contribution is 2.32. The molecule has 2 aliphatic heterocycles. The summed E-state index contributed by atoms with van der Waals surface area (Å²) in [5.74, 6) is -0.319. The van der Waals surface area contributed by atoms with Crippen molar-refractivity contribution in [1.82, 2.24) is 25.3 Å². The second-order valence-corrected chi connectivity index (χ2v) is 7.35. The van der Waals surface area contributed by atoms with Crippen LogP contribution >= 0.6 is 0 Å². The molecule has 12 heteroatoms. The van der Waals surface area contributed by atoms with Gasteiger partial charge in [0.15, 0.2) is 6.10 Å². The molecule has 9 nitrogen and oxygen atoms in total. The third-order valence-electron chi connectivity index (χ3n) is 5.27. The zero-order valence-electron chi connectivity index (χ0n) is 15.9. The molecule has 0 unspecified atom stereocenters. The first-order chi connectivity index (χ1) is 14.3. The van der Waals surface area contributed by atoms with Gasteiger partial charge in [-0.1, -0.05) is 11.3 Å². The topological polar surface area (TPSA) is 115 Å². The van der Waals surface area contributed by atoms with Crippen LogP contribution < -0.4 is 10.1 Å². The van der Waals surface area contributed by atoms with Crippen LogP contribution in [0.5, 0.6) is 5.88 Å². The minimum Gasteiger partial charge on any atom is -0.469 e. The van der Waals surface area contributed by atoms with Crippen molar-refractivity contribution in [3.63, 3.8) is 0 Å². The van der Waals surface area contributed by atoms with Gasteiger partial charge in [0.1, 0.15) is 29.7 Å². The van der Waals surface area contributed by atoms with E-state index in [0.29, 0.717) is 5.69 Å². The predicted molar refractivity (Wildman–Crippen MR) is 95.5 cm³/mol. The van der Waals surface area contributed by atoms with E-state index in [4.69, 9.17) is 9.47 Å². The molecule has 0 amide bonds. The molecule has 4 atom stereocenters. The Kier molecular flexibility index (Phi) is 5.91. The number of ether oxygens (including phenoxy) is 2. The van der Waals surface area contributed by atoms with Crippen molar-refractivity contribution in [2.24, 2.45) is 0 Å². The van der Waals surface area contributed by atoms with Gasteiger partial charge in [-0.3, -0.25) is 0 Å². The number of nitrogens with zero attached hydrogens (tertiary/aromatic N) is 4. The number of hydrogen-bond acceptors (Lipinski definition) is 8. The summed E-state index contributed by atoms with van der Waals surface area (Å²) in [5, 5.41) is 32.4. The molecule has 2 aromatic rings. The molecule has 0 bridgehead atoms. The van der Waals surface area contributed by atoms with E-state index in [1.807, 2.05) is 0 Å². The number of pyridine rings is 1. The number of hydrogen-bond donors (Lipinski definition) is 3. The van der Waals surface area contributed by atoms with Gasteiger partial charge in [0, 0.05) is 6.07 Å². The van der Waals surface area contributed by atoms with Crippen LogP contribution in [0.25, 0.3) is 0 Å². The molecule has 2 aromatic heterocycles. The molecule has 0 aliphatic carbocycles. The van der Waals surface area contributed by atoms with Crippen LogP contribution in [0.4, 0.5) is 13.2 Å². The largest absolute Gasteiger partial charge is 0.469 e. The van der Waals surface area contributed by atoms with E-state index in [0.717, 1.165) is 38.1 Å². The van der Waals surface area contributed by atoms with E-state index in [9.17, 15) is 23.4 Å². The molecular formula is C18H22F3N5O4. The fourth-order valence-electron chi connectivity index (χ4n) is 3.62. The SMILES string of the molecule is O[C@@H]1[C@H](O)[C@@H](Oc2cccc(C(F)(F)F)n2)CO[C@@H]1c1cn(C2CCNCC2)nn1. The van der Waals surface area contributed by atoms with E-state index in [2.05, 4.69) is 20.6 Å². The van der Waals surface area contributed by atoms with Crippen LogP contribution in [0.1, 0.15) is 36.4 Å². The molecule has 0 radical (unpaired) electrons. The van der Waals surface area contributed by atoms with Gasteiger partial charge in [-0.2, -0.15) is 13.2 Å². The molecule has 0 aromatic carbocycles. The van der Waals surface area contributed by atoms with E-state index >= 15 is 0 Å². The van der Waals surface area contributed by atoms with Crippen molar-refractivity contribution < 1.29 is 32.9 Å². The normalized spacial score (nSPS) is 28.4. The number of nitrogens with one attached hydrogen (secondary N) is 1. The van der Waals surface area contributed by atoms with Crippen LogP contribution in [0.3, 0.4) is 0 Å². The van der Waals surface area contributed by atoms with Crippen molar-refractivity contribution in [2.45, 2.75) is 49.5 Å². The Morgan fingerprint density at radius 1 is 1.17 bits per heavy atom. The molecule has 30 heavy (non-hydrogen) atoms. The maximum Gasteiger partial charge on any atom is 0.433 e. The molecule has 2 fully saturated rings.